The average molecular weight is 405 g/mol. The lowest BCUT2D eigenvalue weighted by Crippen LogP contribution is -2.17. The minimum absolute atomic E-state index is 0.170. The summed E-state index contributed by atoms with van der Waals surface area (Å²) in [7, 11) is 1.99. The third-order valence-electron chi connectivity index (χ3n) is 3.61. The second-order valence-corrected chi connectivity index (χ2v) is 6.86. The number of rotatable bonds is 3. The van der Waals surface area contributed by atoms with Crippen molar-refractivity contribution in [2.75, 3.05) is 7.05 Å². The third kappa shape index (κ3) is 3.20. The number of hydrogen-bond acceptors (Lipinski definition) is 1. The molecule has 1 unspecified atom stereocenters. The Hall–Kier alpha value is -1.16. The van der Waals surface area contributed by atoms with Gasteiger partial charge < -0.3 is 5.32 Å². The lowest BCUT2D eigenvalue weighted by molar-refractivity contribution is 0.692. The Morgan fingerprint density at radius 1 is 0.762 bits per heavy atom. The Kier molecular flexibility index (Phi) is 4.43. The quantitative estimate of drug-likeness (QED) is 0.592. The highest BCUT2D eigenvalue weighted by Crippen LogP contribution is 2.29. The van der Waals surface area contributed by atoms with E-state index in [9.17, 15) is 0 Å². The molecule has 0 saturated carbocycles. The maximum atomic E-state index is 3.57. The van der Waals surface area contributed by atoms with E-state index >= 15 is 0 Å². The molecule has 0 aliphatic rings. The van der Waals surface area contributed by atoms with E-state index in [1.54, 1.807) is 0 Å². The largest absolute Gasteiger partial charge is 0.309 e. The van der Waals surface area contributed by atoms with Gasteiger partial charge in [-0.15, -0.1) is 0 Å². The summed E-state index contributed by atoms with van der Waals surface area (Å²) in [6.45, 7) is 0. The first-order valence-corrected chi connectivity index (χ1v) is 8.38. The molecule has 1 N–H and O–H groups in total. The van der Waals surface area contributed by atoms with E-state index in [0.717, 1.165) is 8.95 Å². The summed E-state index contributed by atoms with van der Waals surface area (Å²) in [4.78, 5) is 0. The third-order valence-corrected chi connectivity index (χ3v) is 4.53. The van der Waals surface area contributed by atoms with Crippen LogP contribution in [-0.2, 0) is 0 Å². The zero-order chi connectivity index (χ0) is 14.8. The molecule has 0 saturated heterocycles. The smallest absolute Gasteiger partial charge is 0.0575 e. The number of fused-ring (bicyclic) bond motifs is 1. The van der Waals surface area contributed by atoms with Crippen LogP contribution in [0, 0.1) is 0 Å². The van der Waals surface area contributed by atoms with E-state index in [-0.39, 0.29) is 6.04 Å². The van der Waals surface area contributed by atoms with Crippen LogP contribution in [0.25, 0.3) is 10.8 Å². The van der Waals surface area contributed by atoms with Gasteiger partial charge in [0.1, 0.15) is 0 Å². The van der Waals surface area contributed by atoms with E-state index in [1.165, 1.54) is 21.9 Å². The fourth-order valence-electron chi connectivity index (χ4n) is 2.65. The van der Waals surface area contributed by atoms with Crippen molar-refractivity contribution in [3.05, 3.63) is 80.7 Å². The van der Waals surface area contributed by atoms with Crippen molar-refractivity contribution in [3.8, 4) is 0 Å². The molecule has 0 fully saturated rings. The van der Waals surface area contributed by atoms with Crippen LogP contribution >= 0.6 is 31.9 Å². The van der Waals surface area contributed by atoms with Crippen LogP contribution in [0.15, 0.2) is 69.6 Å². The lowest BCUT2D eigenvalue weighted by atomic mass is 9.96. The van der Waals surface area contributed by atoms with Gasteiger partial charge in [0, 0.05) is 8.95 Å². The molecule has 106 valence electrons. The number of benzene rings is 3. The van der Waals surface area contributed by atoms with Crippen molar-refractivity contribution in [2.24, 2.45) is 0 Å². The van der Waals surface area contributed by atoms with Crippen molar-refractivity contribution in [1.29, 1.82) is 0 Å². The van der Waals surface area contributed by atoms with Gasteiger partial charge in [-0.1, -0.05) is 68.3 Å². The molecule has 3 aromatic rings. The maximum absolute atomic E-state index is 3.57. The minimum Gasteiger partial charge on any atom is -0.309 e. The van der Waals surface area contributed by atoms with Gasteiger partial charge in [0.25, 0.3) is 0 Å². The summed E-state index contributed by atoms with van der Waals surface area (Å²) in [5.41, 5.74) is 2.50. The lowest BCUT2D eigenvalue weighted by Gasteiger charge is -2.18. The summed E-state index contributed by atoms with van der Waals surface area (Å²) < 4.78 is 2.15. The van der Waals surface area contributed by atoms with Gasteiger partial charge in [0.15, 0.2) is 0 Å². The van der Waals surface area contributed by atoms with Crippen molar-refractivity contribution >= 4 is 42.6 Å². The van der Waals surface area contributed by atoms with Crippen molar-refractivity contribution in [3.63, 3.8) is 0 Å². The molecule has 0 spiro atoms. The van der Waals surface area contributed by atoms with Crippen LogP contribution in [0.3, 0.4) is 0 Å². The molecular formula is C18H15Br2N. The van der Waals surface area contributed by atoms with Gasteiger partial charge in [-0.2, -0.15) is 0 Å². The molecule has 3 heteroatoms. The Morgan fingerprint density at radius 3 is 2.10 bits per heavy atom. The Morgan fingerprint density at radius 2 is 1.43 bits per heavy atom. The standard InChI is InChI=1S/C18H15Br2N/c1-21-18(15-9-16(19)11-17(20)10-15)14-7-6-12-4-2-3-5-13(12)8-14/h2-11,18,21H,1H3. The second-order valence-electron chi connectivity index (χ2n) is 5.03. The summed E-state index contributed by atoms with van der Waals surface area (Å²) in [5, 5.41) is 5.95. The Labute approximate surface area is 141 Å². The van der Waals surface area contributed by atoms with E-state index in [0.29, 0.717) is 0 Å². The van der Waals surface area contributed by atoms with Gasteiger partial charge in [0.05, 0.1) is 6.04 Å². The molecule has 0 amide bonds. The molecule has 3 rings (SSSR count). The van der Waals surface area contributed by atoms with Gasteiger partial charge in [-0.25, -0.2) is 0 Å². The van der Waals surface area contributed by atoms with Crippen LogP contribution in [0.2, 0.25) is 0 Å². The molecule has 0 aliphatic carbocycles. The highest BCUT2D eigenvalue weighted by molar-refractivity contribution is 9.11. The monoisotopic (exact) mass is 403 g/mol. The predicted molar refractivity (Wildman–Crippen MR) is 96.7 cm³/mol. The van der Waals surface area contributed by atoms with Gasteiger partial charge >= 0.3 is 0 Å². The molecule has 21 heavy (non-hydrogen) atoms. The van der Waals surface area contributed by atoms with Crippen LogP contribution in [0.1, 0.15) is 17.2 Å². The summed E-state index contributed by atoms with van der Waals surface area (Å²) in [6.07, 6.45) is 0. The second kappa shape index (κ2) is 6.30. The van der Waals surface area contributed by atoms with Crippen LogP contribution in [0.4, 0.5) is 0 Å². The first-order valence-electron chi connectivity index (χ1n) is 6.79. The molecule has 0 radical (unpaired) electrons. The molecule has 0 aromatic heterocycles. The topological polar surface area (TPSA) is 12.0 Å². The maximum Gasteiger partial charge on any atom is 0.0575 e. The van der Waals surface area contributed by atoms with Gasteiger partial charge in [-0.05, 0) is 53.2 Å². The Balaban J connectivity index is 2.08. The fourth-order valence-corrected chi connectivity index (χ4v) is 3.98. The molecule has 1 atom stereocenters. The molecular weight excluding hydrogens is 390 g/mol. The SMILES string of the molecule is CNC(c1cc(Br)cc(Br)c1)c1ccc2ccccc2c1. The summed E-state index contributed by atoms with van der Waals surface area (Å²) >= 11 is 7.13. The number of halogens is 2. The fraction of sp³-hybridized carbons (Fsp3) is 0.111. The van der Waals surface area contributed by atoms with Crippen LogP contribution < -0.4 is 5.32 Å². The van der Waals surface area contributed by atoms with Crippen LogP contribution in [-0.4, -0.2) is 7.05 Å². The first kappa shape index (κ1) is 14.8. The normalized spacial score (nSPS) is 12.5. The summed E-state index contributed by atoms with van der Waals surface area (Å²) in [5.74, 6) is 0. The first-order chi connectivity index (χ1) is 10.2. The predicted octanol–water partition coefficient (Wildman–Crippen LogP) is 5.67. The molecule has 1 nitrogen and oxygen atoms in total. The van der Waals surface area contributed by atoms with E-state index in [2.05, 4.69) is 97.8 Å². The highest BCUT2D eigenvalue weighted by atomic mass is 79.9. The molecule has 0 bridgehead atoms. The molecule has 0 aliphatic heterocycles. The number of nitrogens with one attached hydrogen (secondary N) is 1. The van der Waals surface area contributed by atoms with Gasteiger partial charge in [-0.3, -0.25) is 0 Å². The zero-order valence-corrected chi connectivity index (χ0v) is 14.8. The molecule has 3 aromatic carbocycles. The minimum atomic E-state index is 0.170. The van der Waals surface area contributed by atoms with Crippen molar-refractivity contribution in [2.45, 2.75) is 6.04 Å². The van der Waals surface area contributed by atoms with E-state index in [4.69, 9.17) is 0 Å². The van der Waals surface area contributed by atoms with E-state index in [1.807, 2.05) is 7.05 Å². The van der Waals surface area contributed by atoms with E-state index < -0.39 is 0 Å². The van der Waals surface area contributed by atoms with Crippen molar-refractivity contribution in [1.82, 2.24) is 5.32 Å². The summed E-state index contributed by atoms with van der Waals surface area (Å²) in [6, 6.07) is 21.6. The van der Waals surface area contributed by atoms with Crippen molar-refractivity contribution < 1.29 is 0 Å². The zero-order valence-electron chi connectivity index (χ0n) is 11.6. The average Bonchev–Trinajstić information content (AvgIpc) is 2.47. The van der Waals surface area contributed by atoms with Gasteiger partial charge in [0.2, 0.25) is 0 Å². The Bertz CT molecular complexity index is 763. The highest BCUT2D eigenvalue weighted by Gasteiger charge is 2.13. The molecule has 0 heterocycles. The number of hydrogen-bond donors (Lipinski definition) is 1. The van der Waals surface area contributed by atoms with Crippen LogP contribution in [0.5, 0.6) is 0 Å².